The Hall–Kier alpha value is -2.35. The van der Waals surface area contributed by atoms with E-state index in [2.05, 4.69) is 5.32 Å². The molecule has 0 aliphatic carbocycles. The van der Waals surface area contributed by atoms with Crippen molar-refractivity contribution in [2.75, 3.05) is 5.32 Å². The Morgan fingerprint density at radius 3 is 2.56 bits per heavy atom. The maximum Gasteiger partial charge on any atom is 0.303 e. The lowest BCUT2D eigenvalue weighted by Crippen LogP contribution is -2.12. The van der Waals surface area contributed by atoms with Gasteiger partial charge >= 0.3 is 5.97 Å². The SMILES string of the molecule is N#Cc1ccccc1NC(=O)CCCCC(=O)O. The van der Waals surface area contributed by atoms with Crippen LogP contribution in [0.3, 0.4) is 0 Å². The molecule has 0 radical (unpaired) electrons. The van der Waals surface area contributed by atoms with Gasteiger partial charge in [-0.05, 0) is 25.0 Å². The van der Waals surface area contributed by atoms with Crippen LogP contribution in [0.4, 0.5) is 5.69 Å². The van der Waals surface area contributed by atoms with E-state index in [0.717, 1.165) is 0 Å². The molecule has 0 atom stereocenters. The van der Waals surface area contributed by atoms with Crippen LogP contribution in [-0.2, 0) is 9.59 Å². The fourth-order valence-electron chi connectivity index (χ4n) is 1.46. The van der Waals surface area contributed by atoms with Crippen LogP contribution in [-0.4, -0.2) is 17.0 Å². The number of nitrogens with zero attached hydrogens (tertiary/aromatic N) is 1. The number of anilines is 1. The predicted molar refractivity (Wildman–Crippen MR) is 65.9 cm³/mol. The summed E-state index contributed by atoms with van der Waals surface area (Å²) in [7, 11) is 0. The Bertz CT molecular complexity index is 477. The smallest absolute Gasteiger partial charge is 0.303 e. The molecule has 0 aliphatic rings. The molecule has 0 spiro atoms. The number of benzene rings is 1. The summed E-state index contributed by atoms with van der Waals surface area (Å²) in [6, 6.07) is 8.74. The van der Waals surface area contributed by atoms with Crippen molar-refractivity contribution in [1.82, 2.24) is 0 Å². The summed E-state index contributed by atoms with van der Waals surface area (Å²) in [5, 5.41) is 19.9. The van der Waals surface area contributed by atoms with Gasteiger partial charge in [0.2, 0.25) is 5.91 Å². The van der Waals surface area contributed by atoms with Gasteiger partial charge in [-0.3, -0.25) is 9.59 Å². The third-order valence-electron chi connectivity index (χ3n) is 2.37. The Labute approximate surface area is 105 Å². The van der Waals surface area contributed by atoms with Gasteiger partial charge in [-0.2, -0.15) is 5.26 Å². The van der Waals surface area contributed by atoms with Gasteiger partial charge in [0.1, 0.15) is 6.07 Å². The maximum atomic E-state index is 11.6. The Morgan fingerprint density at radius 1 is 1.22 bits per heavy atom. The number of rotatable bonds is 6. The fraction of sp³-hybridized carbons (Fsp3) is 0.308. The van der Waals surface area contributed by atoms with E-state index < -0.39 is 5.97 Å². The number of amides is 1. The Morgan fingerprint density at radius 2 is 1.89 bits per heavy atom. The van der Waals surface area contributed by atoms with Gasteiger partial charge in [-0.25, -0.2) is 0 Å². The lowest BCUT2D eigenvalue weighted by molar-refractivity contribution is -0.137. The molecule has 1 aromatic carbocycles. The molecule has 0 aromatic heterocycles. The third kappa shape index (κ3) is 4.66. The van der Waals surface area contributed by atoms with Crippen LogP contribution in [0.1, 0.15) is 31.2 Å². The second-order valence-corrected chi connectivity index (χ2v) is 3.81. The molecule has 94 valence electrons. The highest BCUT2D eigenvalue weighted by atomic mass is 16.4. The summed E-state index contributed by atoms with van der Waals surface area (Å²) in [6.07, 6.45) is 1.32. The number of carboxylic acid groups (broad SMARTS) is 1. The number of hydrogen-bond acceptors (Lipinski definition) is 3. The van der Waals surface area contributed by atoms with Crippen LogP contribution in [0.2, 0.25) is 0 Å². The first-order valence-corrected chi connectivity index (χ1v) is 5.64. The highest BCUT2D eigenvalue weighted by Gasteiger charge is 2.06. The number of carbonyl (C=O) groups excluding carboxylic acids is 1. The molecule has 1 amide bonds. The fourth-order valence-corrected chi connectivity index (χ4v) is 1.46. The molecule has 1 aromatic rings. The summed E-state index contributed by atoms with van der Waals surface area (Å²) in [5.74, 6) is -1.06. The Kier molecular flexibility index (Phi) is 5.39. The number of carboxylic acids is 1. The number of hydrogen-bond donors (Lipinski definition) is 2. The van der Waals surface area contributed by atoms with E-state index >= 15 is 0 Å². The normalized spacial score (nSPS) is 9.50. The largest absolute Gasteiger partial charge is 0.481 e. The third-order valence-corrected chi connectivity index (χ3v) is 2.37. The topological polar surface area (TPSA) is 90.2 Å². The van der Waals surface area contributed by atoms with E-state index in [1.54, 1.807) is 24.3 Å². The van der Waals surface area contributed by atoms with Crippen molar-refractivity contribution in [3.63, 3.8) is 0 Å². The number of aliphatic carboxylic acids is 1. The van der Waals surface area contributed by atoms with Gasteiger partial charge in [0.25, 0.3) is 0 Å². The van der Waals surface area contributed by atoms with E-state index in [4.69, 9.17) is 10.4 Å². The van der Waals surface area contributed by atoms with Crippen LogP contribution < -0.4 is 5.32 Å². The number of para-hydroxylation sites is 1. The van der Waals surface area contributed by atoms with Crippen LogP contribution in [0, 0.1) is 11.3 Å². The van der Waals surface area contributed by atoms with E-state index in [0.29, 0.717) is 24.1 Å². The number of carbonyl (C=O) groups is 2. The molecule has 0 saturated heterocycles. The van der Waals surface area contributed by atoms with Crippen molar-refractivity contribution in [3.05, 3.63) is 29.8 Å². The predicted octanol–water partition coefficient (Wildman–Crippen LogP) is 2.14. The minimum Gasteiger partial charge on any atom is -0.481 e. The quantitative estimate of drug-likeness (QED) is 0.752. The van der Waals surface area contributed by atoms with Crippen LogP contribution in [0.15, 0.2) is 24.3 Å². The van der Waals surface area contributed by atoms with Gasteiger partial charge in [0.05, 0.1) is 11.3 Å². The van der Waals surface area contributed by atoms with Crippen molar-refractivity contribution in [2.24, 2.45) is 0 Å². The number of nitrogens with one attached hydrogen (secondary N) is 1. The molecular weight excluding hydrogens is 232 g/mol. The molecule has 0 unspecified atom stereocenters. The van der Waals surface area contributed by atoms with E-state index in [9.17, 15) is 9.59 Å². The van der Waals surface area contributed by atoms with Crippen molar-refractivity contribution in [1.29, 1.82) is 5.26 Å². The molecular formula is C13H14N2O3. The summed E-state index contributed by atoms with van der Waals surface area (Å²) < 4.78 is 0. The lowest BCUT2D eigenvalue weighted by atomic mass is 10.1. The van der Waals surface area contributed by atoms with Crippen LogP contribution in [0.25, 0.3) is 0 Å². The van der Waals surface area contributed by atoms with E-state index in [1.165, 1.54) is 0 Å². The van der Waals surface area contributed by atoms with Gasteiger partial charge in [0, 0.05) is 12.8 Å². The van der Waals surface area contributed by atoms with Gasteiger partial charge in [-0.15, -0.1) is 0 Å². The summed E-state index contributed by atoms with van der Waals surface area (Å²) in [4.78, 5) is 21.8. The van der Waals surface area contributed by atoms with Crippen molar-refractivity contribution in [3.8, 4) is 6.07 Å². The summed E-state index contributed by atoms with van der Waals surface area (Å²) >= 11 is 0. The van der Waals surface area contributed by atoms with E-state index in [1.807, 2.05) is 6.07 Å². The highest BCUT2D eigenvalue weighted by Crippen LogP contribution is 2.14. The second-order valence-electron chi connectivity index (χ2n) is 3.81. The molecule has 0 aliphatic heterocycles. The minimum atomic E-state index is -0.856. The molecule has 5 nitrogen and oxygen atoms in total. The first-order valence-electron chi connectivity index (χ1n) is 5.64. The van der Waals surface area contributed by atoms with Crippen LogP contribution >= 0.6 is 0 Å². The Balaban J connectivity index is 2.41. The first-order chi connectivity index (χ1) is 8.63. The van der Waals surface area contributed by atoms with Gasteiger partial charge in [-0.1, -0.05) is 12.1 Å². The minimum absolute atomic E-state index is 0.0715. The molecule has 18 heavy (non-hydrogen) atoms. The highest BCUT2D eigenvalue weighted by molar-refractivity contribution is 5.92. The summed E-state index contributed by atoms with van der Waals surface area (Å²) in [6.45, 7) is 0. The standard InChI is InChI=1S/C13H14N2O3/c14-9-10-5-1-2-6-11(10)15-12(16)7-3-4-8-13(17)18/h1-2,5-6H,3-4,7-8H2,(H,15,16)(H,17,18). The first kappa shape index (κ1) is 13.7. The molecule has 5 heteroatoms. The van der Waals surface area contributed by atoms with Crippen molar-refractivity contribution >= 4 is 17.6 Å². The van der Waals surface area contributed by atoms with E-state index in [-0.39, 0.29) is 18.7 Å². The zero-order chi connectivity index (χ0) is 13.4. The monoisotopic (exact) mass is 246 g/mol. The zero-order valence-electron chi connectivity index (χ0n) is 9.85. The molecule has 0 fully saturated rings. The number of nitriles is 1. The zero-order valence-corrected chi connectivity index (χ0v) is 9.85. The molecule has 1 rings (SSSR count). The van der Waals surface area contributed by atoms with Crippen LogP contribution in [0.5, 0.6) is 0 Å². The summed E-state index contributed by atoms with van der Waals surface area (Å²) in [5.41, 5.74) is 0.902. The molecule has 2 N–H and O–H groups in total. The van der Waals surface area contributed by atoms with Gasteiger partial charge in [0.15, 0.2) is 0 Å². The lowest BCUT2D eigenvalue weighted by Gasteiger charge is -2.06. The number of unbranched alkanes of at least 4 members (excludes halogenated alkanes) is 1. The average molecular weight is 246 g/mol. The van der Waals surface area contributed by atoms with Gasteiger partial charge < -0.3 is 10.4 Å². The average Bonchev–Trinajstić information content (AvgIpc) is 2.35. The molecule has 0 heterocycles. The van der Waals surface area contributed by atoms with Crippen molar-refractivity contribution in [2.45, 2.75) is 25.7 Å². The molecule has 0 bridgehead atoms. The maximum absolute atomic E-state index is 11.6. The second kappa shape index (κ2) is 7.07. The molecule has 0 saturated carbocycles. The van der Waals surface area contributed by atoms with Crippen molar-refractivity contribution < 1.29 is 14.7 Å².